The molecule has 3 aliphatic rings. The molecule has 1 aromatic rings. The zero-order valence-electron chi connectivity index (χ0n) is 17.4. The number of pyridine rings is 1. The predicted octanol–water partition coefficient (Wildman–Crippen LogP) is 1.86. The van der Waals surface area contributed by atoms with Crippen molar-refractivity contribution < 1.29 is 27.9 Å². The second kappa shape index (κ2) is 9.99. The molecule has 174 valence electrons. The monoisotopic (exact) mass is 475 g/mol. The molecule has 1 saturated carbocycles. The second-order valence-electron chi connectivity index (χ2n) is 8.40. The van der Waals surface area contributed by atoms with Crippen LogP contribution in [0.15, 0.2) is 18.3 Å². The lowest BCUT2D eigenvalue weighted by Gasteiger charge is -2.40. The largest absolute Gasteiger partial charge is 0.492 e. The molecule has 0 aromatic carbocycles. The first-order valence-electron chi connectivity index (χ1n) is 10.6. The van der Waals surface area contributed by atoms with Crippen LogP contribution in [0.1, 0.15) is 50.1 Å². The molecule has 0 unspecified atom stereocenters. The number of ether oxygens (including phenoxy) is 2. The number of hydrogen-bond acceptors (Lipinski definition) is 7. The smallest absolute Gasteiger partial charge is 0.266 e. The van der Waals surface area contributed by atoms with Crippen LogP contribution < -0.4 is 10.2 Å². The predicted molar refractivity (Wildman–Crippen MR) is 115 cm³/mol. The molecule has 3 fully saturated rings. The van der Waals surface area contributed by atoms with Gasteiger partial charge in [-0.3, -0.25) is 15.0 Å². The van der Waals surface area contributed by atoms with Gasteiger partial charge in [-0.1, -0.05) is 0 Å². The van der Waals surface area contributed by atoms with Crippen molar-refractivity contribution in [2.24, 2.45) is 5.92 Å². The van der Waals surface area contributed by atoms with Gasteiger partial charge in [-0.2, -0.15) is 0 Å². The summed E-state index contributed by atoms with van der Waals surface area (Å²) < 4.78 is 37.4. The lowest BCUT2D eigenvalue weighted by Crippen LogP contribution is -2.60. The highest BCUT2D eigenvalue weighted by Crippen LogP contribution is 2.36. The summed E-state index contributed by atoms with van der Waals surface area (Å²) in [7, 11) is -3.94. The zero-order chi connectivity index (χ0) is 21.2. The number of rotatable bonds is 7. The molecule has 3 heterocycles. The van der Waals surface area contributed by atoms with Gasteiger partial charge in [0, 0.05) is 50.8 Å². The molecule has 11 heteroatoms. The molecule has 1 amide bonds. The molecule has 1 aromatic heterocycles. The summed E-state index contributed by atoms with van der Waals surface area (Å²) in [5.41, 5.74) is 2.49. The van der Waals surface area contributed by atoms with Crippen LogP contribution in [-0.2, 0) is 19.6 Å². The Labute approximate surface area is 188 Å². The fourth-order valence-corrected chi connectivity index (χ4v) is 6.41. The van der Waals surface area contributed by atoms with E-state index in [9.17, 15) is 13.2 Å². The highest BCUT2D eigenvalue weighted by molar-refractivity contribution is 7.91. The van der Waals surface area contributed by atoms with Crippen LogP contribution in [0.5, 0.6) is 5.75 Å². The molecule has 31 heavy (non-hydrogen) atoms. The number of hydrogen-bond donors (Lipinski definition) is 2. The first-order chi connectivity index (χ1) is 14.5. The van der Waals surface area contributed by atoms with Gasteiger partial charge < -0.3 is 9.47 Å². The Hall–Kier alpha value is -1.46. The van der Waals surface area contributed by atoms with Crippen LogP contribution >= 0.6 is 12.4 Å². The van der Waals surface area contributed by atoms with Crippen molar-refractivity contribution in [3.8, 4) is 5.75 Å². The highest BCUT2D eigenvalue weighted by atomic mass is 35.5. The van der Waals surface area contributed by atoms with Crippen LogP contribution in [0.25, 0.3) is 0 Å². The lowest BCUT2D eigenvalue weighted by atomic mass is 9.94. The Kier molecular flexibility index (Phi) is 7.80. The minimum absolute atomic E-state index is 0. The van der Waals surface area contributed by atoms with Gasteiger partial charge in [0.1, 0.15) is 5.75 Å². The third kappa shape index (κ3) is 4.98. The average Bonchev–Trinajstić information content (AvgIpc) is 3.62. The molecule has 0 radical (unpaired) electrons. The molecule has 2 saturated heterocycles. The fraction of sp³-hybridized carbons (Fsp3) is 0.700. The van der Waals surface area contributed by atoms with E-state index in [-0.39, 0.29) is 44.4 Å². The summed E-state index contributed by atoms with van der Waals surface area (Å²) in [5, 5.41) is 9.16. The van der Waals surface area contributed by atoms with Crippen molar-refractivity contribution in [3.63, 3.8) is 0 Å². The highest BCUT2D eigenvalue weighted by Gasteiger charge is 2.54. The Bertz CT molecular complexity index is 848. The van der Waals surface area contributed by atoms with Crippen molar-refractivity contribution in [1.82, 2.24) is 14.8 Å². The standard InChI is InChI=1S/C20H29N3O6S.ClH/c24-19(22-25)20(7-11-28-12-8-20)30(26,27)23-9-5-16(6-10-23)18-4-3-17(13-21-18)29-14-15-1-2-15;/h3-4,13,15-16,25H,1-2,5-12,14H2,(H,22,24);1H. The number of halogens is 1. The Morgan fingerprint density at radius 3 is 2.45 bits per heavy atom. The summed E-state index contributed by atoms with van der Waals surface area (Å²) in [6, 6.07) is 3.88. The van der Waals surface area contributed by atoms with Crippen molar-refractivity contribution in [1.29, 1.82) is 0 Å². The summed E-state index contributed by atoms with van der Waals surface area (Å²) >= 11 is 0. The third-order valence-electron chi connectivity index (χ3n) is 6.46. The minimum Gasteiger partial charge on any atom is -0.492 e. The Morgan fingerprint density at radius 1 is 1.23 bits per heavy atom. The molecule has 4 rings (SSSR count). The van der Waals surface area contributed by atoms with Gasteiger partial charge in [0.25, 0.3) is 5.91 Å². The van der Waals surface area contributed by atoms with E-state index in [2.05, 4.69) is 4.98 Å². The van der Waals surface area contributed by atoms with Crippen molar-refractivity contribution >= 4 is 28.3 Å². The van der Waals surface area contributed by atoms with E-state index in [1.54, 1.807) is 11.7 Å². The van der Waals surface area contributed by atoms with Crippen LogP contribution in [-0.4, -0.2) is 66.5 Å². The van der Waals surface area contributed by atoms with Gasteiger partial charge in [0.05, 0.1) is 12.8 Å². The van der Waals surface area contributed by atoms with Crippen LogP contribution in [0.4, 0.5) is 0 Å². The van der Waals surface area contributed by atoms with Crippen molar-refractivity contribution in [2.75, 3.05) is 32.9 Å². The maximum absolute atomic E-state index is 13.3. The third-order valence-corrected chi connectivity index (χ3v) is 9.09. The van der Waals surface area contributed by atoms with Crippen LogP contribution in [0, 0.1) is 5.92 Å². The topological polar surface area (TPSA) is 118 Å². The summed E-state index contributed by atoms with van der Waals surface area (Å²) in [4.78, 5) is 16.9. The molecular weight excluding hydrogens is 446 g/mol. The van der Waals surface area contributed by atoms with E-state index in [0.29, 0.717) is 31.8 Å². The number of nitrogens with zero attached hydrogens (tertiary/aromatic N) is 2. The molecule has 0 bridgehead atoms. The van der Waals surface area contributed by atoms with Gasteiger partial charge in [0.2, 0.25) is 10.0 Å². The van der Waals surface area contributed by atoms with Gasteiger partial charge in [-0.05, 0) is 43.7 Å². The van der Waals surface area contributed by atoms with Crippen LogP contribution in [0.2, 0.25) is 0 Å². The van der Waals surface area contributed by atoms with Gasteiger partial charge in [0.15, 0.2) is 4.75 Å². The number of amides is 1. The Balaban J connectivity index is 0.00000272. The molecule has 2 aliphatic heterocycles. The zero-order valence-corrected chi connectivity index (χ0v) is 19.0. The number of carbonyl (C=O) groups is 1. The van der Waals surface area contributed by atoms with Gasteiger partial charge in [-0.25, -0.2) is 18.2 Å². The normalized spacial score (nSPS) is 22.4. The number of sulfonamides is 1. The van der Waals surface area contributed by atoms with E-state index >= 15 is 0 Å². The Morgan fingerprint density at radius 2 is 1.90 bits per heavy atom. The average molecular weight is 476 g/mol. The van der Waals surface area contributed by atoms with Crippen LogP contribution in [0.3, 0.4) is 0 Å². The van der Waals surface area contributed by atoms with E-state index in [1.807, 2.05) is 12.1 Å². The van der Waals surface area contributed by atoms with Gasteiger partial charge >= 0.3 is 0 Å². The molecular formula is C20H30ClN3O6S. The summed E-state index contributed by atoms with van der Waals surface area (Å²) in [6.07, 6.45) is 5.53. The number of hydroxylamine groups is 1. The molecule has 0 spiro atoms. The van der Waals surface area contributed by atoms with Crippen molar-refractivity contribution in [2.45, 2.75) is 49.2 Å². The molecule has 9 nitrogen and oxygen atoms in total. The summed E-state index contributed by atoms with van der Waals surface area (Å²) in [6.45, 7) is 1.71. The van der Waals surface area contributed by atoms with Gasteiger partial charge in [-0.15, -0.1) is 12.4 Å². The number of nitrogens with one attached hydrogen (secondary N) is 1. The minimum atomic E-state index is -3.94. The first-order valence-corrected chi connectivity index (χ1v) is 12.0. The number of piperidine rings is 1. The fourth-order valence-electron chi connectivity index (χ4n) is 4.26. The quantitative estimate of drug-likeness (QED) is 0.456. The SMILES string of the molecule is Cl.O=C(NO)C1(S(=O)(=O)N2CCC(c3ccc(OCC4CC4)cn3)CC2)CCOCC1. The molecule has 0 atom stereocenters. The second-order valence-corrected chi connectivity index (χ2v) is 10.6. The van der Waals surface area contributed by atoms with Crippen molar-refractivity contribution in [3.05, 3.63) is 24.0 Å². The summed E-state index contributed by atoms with van der Waals surface area (Å²) in [5.74, 6) is 0.729. The van der Waals surface area contributed by atoms with E-state index in [1.165, 1.54) is 17.1 Å². The molecule has 2 N–H and O–H groups in total. The molecule has 1 aliphatic carbocycles. The number of carbonyl (C=O) groups excluding carboxylic acids is 1. The van der Waals surface area contributed by atoms with E-state index in [4.69, 9.17) is 14.7 Å². The maximum Gasteiger partial charge on any atom is 0.266 e. The van der Waals surface area contributed by atoms with E-state index in [0.717, 1.165) is 18.1 Å². The van der Waals surface area contributed by atoms with E-state index < -0.39 is 20.7 Å². The maximum atomic E-state index is 13.3. The first kappa shape index (κ1) is 24.2. The lowest BCUT2D eigenvalue weighted by molar-refractivity contribution is -0.134. The number of aromatic nitrogens is 1.